The number of allylic oxidation sites excluding steroid dienone is 1. The Hall–Kier alpha value is -1.17. The van der Waals surface area contributed by atoms with Crippen LogP contribution in [0.3, 0.4) is 0 Å². The van der Waals surface area contributed by atoms with Gasteiger partial charge in [0.25, 0.3) is 0 Å². The molecular formula is C9H10N2O3S3. The van der Waals surface area contributed by atoms with Crippen molar-refractivity contribution in [3.63, 3.8) is 0 Å². The second-order valence-corrected chi connectivity index (χ2v) is 8.30. The van der Waals surface area contributed by atoms with E-state index in [9.17, 15) is 12.6 Å². The van der Waals surface area contributed by atoms with E-state index in [1.807, 2.05) is 0 Å². The molecule has 0 fully saturated rings. The van der Waals surface area contributed by atoms with E-state index >= 15 is 0 Å². The molecule has 0 aliphatic carbocycles. The summed E-state index contributed by atoms with van der Waals surface area (Å²) in [5.41, 5.74) is 0. The van der Waals surface area contributed by atoms with E-state index in [0.717, 1.165) is 12.5 Å². The first-order chi connectivity index (χ1) is 7.77. The smallest absolute Gasteiger partial charge is 0.187 e. The summed E-state index contributed by atoms with van der Waals surface area (Å²) in [5.74, 6) is 0. The Morgan fingerprint density at radius 3 is 2.53 bits per heavy atom. The van der Waals surface area contributed by atoms with E-state index in [-0.39, 0.29) is 0 Å². The lowest BCUT2D eigenvalue weighted by Gasteiger charge is -1.98. The second-order valence-electron chi connectivity index (χ2n) is 3.24. The Kier molecular flexibility index (Phi) is 4.08. The van der Waals surface area contributed by atoms with E-state index in [2.05, 4.69) is 4.36 Å². The normalized spacial score (nSPS) is 15.9. The number of rotatable bonds is 3. The average molecular weight is 290 g/mol. The quantitative estimate of drug-likeness (QED) is 0.791. The molecule has 0 aliphatic rings. The van der Waals surface area contributed by atoms with E-state index < -0.39 is 24.5 Å². The largest absolute Gasteiger partial charge is 0.245 e. The lowest BCUT2D eigenvalue weighted by molar-refractivity contribution is 0.608. The molecule has 0 amide bonds. The van der Waals surface area contributed by atoms with Crippen LogP contribution in [0.4, 0.5) is 0 Å². The average Bonchev–Trinajstić information content (AvgIpc) is 2.69. The Labute approximate surface area is 105 Å². The molecule has 0 saturated carbocycles. The molecule has 1 unspecified atom stereocenters. The van der Waals surface area contributed by atoms with Crippen LogP contribution in [0.25, 0.3) is 0 Å². The van der Waals surface area contributed by atoms with Gasteiger partial charge in [-0.25, -0.2) is 17.0 Å². The summed E-state index contributed by atoms with van der Waals surface area (Å²) < 4.78 is 38.0. The fourth-order valence-corrected chi connectivity index (χ4v) is 3.59. The van der Waals surface area contributed by atoms with Gasteiger partial charge in [0.05, 0.1) is 20.8 Å². The molecule has 17 heavy (non-hydrogen) atoms. The highest BCUT2D eigenvalue weighted by atomic mass is 32.2. The Balaban J connectivity index is 3.28. The summed E-state index contributed by atoms with van der Waals surface area (Å²) in [6.45, 7) is 0. The molecule has 0 spiro atoms. The van der Waals surface area contributed by atoms with Crippen LogP contribution in [0.2, 0.25) is 0 Å². The van der Waals surface area contributed by atoms with Crippen molar-refractivity contribution in [2.45, 2.75) is 4.90 Å². The topological polar surface area (TPSA) is 87.4 Å². The highest BCUT2D eigenvalue weighted by Crippen LogP contribution is 2.16. The number of thiophene rings is 1. The lowest BCUT2D eigenvalue weighted by Crippen LogP contribution is -1.99. The molecule has 1 rings (SSSR count). The predicted molar refractivity (Wildman–Crippen MR) is 67.6 cm³/mol. The van der Waals surface area contributed by atoms with Crippen molar-refractivity contribution in [2.24, 2.45) is 4.36 Å². The molecule has 1 heterocycles. The van der Waals surface area contributed by atoms with Crippen molar-refractivity contribution >= 4 is 30.9 Å². The van der Waals surface area contributed by atoms with Crippen LogP contribution >= 0.6 is 11.3 Å². The third-order valence-corrected chi connectivity index (χ3v) is 5.28. The first-order valence-electron chi connectivity index (χ1n) is 4.31. The van der Waals surface area contributed by atoms with Gasteiger partial charge in [-0.1, -0.05) is 0 Å². The fraction of sp³-hybridized carbons (Fsp3) is 0.222. The third-order valence-electron chi connectivity index (χ3n) is 1.81. The van der Waals surface area contributed by atoms with Crippen LogP contribution in [0.5, 0.6) is 0 Å². The van der Waals surface area contributed by atoms with Crippen molar-refractivity contribution in [2.75, 3.05) is 12.5 Å². The standard InChI is InChI=1S/C9H10N2O3S3/c1-16(12,8-3-4-15-7-8)11-6-9(5-10)17(2,13)14/h3-4,6-7H,1-2H3/b9-6-. The molecule has 8 heteroatoms. The van der Waals surface area contributed by atoms with Gasteiger partial charge in [0, 0.05) is 17.9 Å². The first-order valence-corrected chi connectivity index (χ1v) is 9.07. The number of nitrogens with zero attached hydrogens (tertiary/aromatic N) is 2. The summed E-state index contributed by atoms with van der Waals surface area (Å²) in [4.78, 5) is 0.0202. The Morgan fingerprint density at radius 2 is 2.12 bits per heavy atom. The minimum Gasteiger partial charge on any atom is -0.245 e. The molecule has 5 nitrogen and oxygen atoms in total. The summed E-state index contributed by atoms with van der Waals surface area (Å²) in [7, 11) is -6.31. The van der Waals surface area contributed by atoms with Crippen LogP contribution in [-0.4, -0.2) is 25.1 Å². The van der Waals surface area contributed by atoms with Crippen molar-refractivity contribution in [3.05, 3.63) is 27.9 Å². The van der Waals surface area contributed by atoms with Gasteiger partial charge in [-0.3, -0.25) is 0 Å². The zero-order valence-corrected chi connectivity index (χ0v) is 11.6. The second kappa shape index (κ2) is 5.00. The summed E-state index contributed by atoms with van der Waals surface area (Å²) >= 11 is 1.37. The molecule has 0 radical (unpaired) electrons. The minimum absolute atomic E-state index is 0.498. The van der Waals surface area contributed by atoms with Crippen LogP contribution in [0.15, 0.2) is 37.2 Å². The SMILES string of the molecule is CS(=O)(=O)/C(C#N)=C\N=S(C)(=O)c1ccsc1. The van der Waals surface area contributed by atoms with Crippen molar-refractivity contribution in [3.8, 4) is 6.07 Å². The Morgan fingerprint density at radius 1 is 1.47 bits per heavy atom. The first kappa shape index (κ1) is 13.9. The number of sulfone groups is 1. The van der Waals surface area contributed by atoms with E-state index in [1.165, 1.54) is 23.7 Å². The van der Waals surface area contributed by atoms with E-state index in [4.69, 9.17) is 5.26 Å². The fourth-order valence-electron chi connectivity index (χ4n) is 0.884. The van der Waals surface area contributed by atoms with Crippen LogP contribution in [0, 0.1) is 11.3 Å². The van der Waals surface area contributed by atoms with E-state index in [1.54, 1.807) is 16.8 Å². The molecule has 1 atom stereocenters. The predicted octanol–water partition coefficient (Wildman–Crippen LogP) is 1.61. The molecular weight excluding hydrogens is 280 g/mol. The van der Waals surface area contributed by atoms with Gasteiger partial charge < -0.3 is 0 Å². The number of hydrogen-bond donors (Lipinski definition) is 0. The summed E-state index contributed by atoms with van der Waals surface area (Å²) in [6, 6.07) is 3.17. The van der Waals surface area contributed by atoms with Crippen LogP contribution in [-0.2, 0) is 19.6 Å². The van der Waals surface area contributed by atoms with Gasteiger partial charge in [-0.2, -0.15) is 16.6 Å². The highest BCUT2D eigenvalue weighted by Gasteiger charge is 2.11. The number of hydrogen-bond acceptors (Lipinski definition) is 6. The van der Waals surface area contributed by atoms with Crippen LogP contribution < -0.4 is 0 Å². The Bertz CT molecular complexity index is 684. The maximum absolute atomic E-state index is 12.1. The summed E-state index contributed by atoms with van der Waals surface area (Å²) in [5, 5.41) is 12.1. The third kappa shape index (κ3) is 3.66. The molecule has 0 aromatic carbocycles. The molecule has 0 saturated heterocycles. The van der Waals surface area contributed by atoms with Gasteiger partial charge in [-0.15, -0.1) is 0 Å². The minimum atomic E-state index is -3.62. The van der Waals surface area contributed by atoms with Crippen molar-refractivity contribution in [1.29, 1.82) is 5.26 Å². The molecule has 0 N–H and O–H groups in total. The monoisotopic (exact) mass is 290 g/mol. The number of nitriles is 1. The van der Waals surface area contributed by atoms with Gasteiger partial charge in [0.1, 0.15) is 6.07 Å². The molecule has 1 aromatic rings. The lowest BCUT2D eigenvalue weighted by atomic mass is 10.7. The van der Waals surface area contributed by atoms with Gasteiger partial charge >= 0.3 is 0 Å². The van der Waals surface area contributed by atoms with Gasteiger partial charge in [0.15, 0.2) is 14.7 Å². The molecule has 0 aliphatic heterocycles. The summed E-state index contributed by atoms with van der Waals surface area (Å²) in [6.07, 6.45) is 3.15. The van der Waals surface area contributed by atoms with Gasteiger partial charge in [0.2, 0.25) is 0 Å². The molecule has 1 aromatic heterocycles. The maximum atomic E-state index is 12.1. The highest BCUT2D eigenvalue weighted by molar-refractivity contribution is 7.95. The zero-order chi connectivity index (χ0) is 13.1. The van der Waals surface area contributed by atoms with Crippen LogP contribution in [0.1, 0.15) is 0 Å². The van der Waals surface area contributed by atoms with E-state index in [0.29, 0.717) is 4.90 Å². The maximum Gasteiger partial charge on any atom is 0.187 e. The van der Waals surface area contributed by atoms with Gasteiger partial charge in [-0.05, 0) is 11.4 Å². The van der Waals surface area contributed by atoms with Crippen molar-refractivity contribution in [1.82, 2.24) is 0 Å². The molecule has 92 valence electrons. The zero-order valence-electron chi connectivity index (χ0n) is 9.15. The molecule has 0 bridgehead atoms. The van der Waals surface area contributed by atoms with Crippen molar-refractivity contribution < 1.29 is 12.6 Å².